The summed E-state index contributed by atoms with van der Waals surface area (Å²) in [5.74, 6) is 4.43. The lowest BCUT2D eigenvalue weighted by Gasteiger charge is -2.43. The maximum absolute atomic E-state index is 10.3. The van der Waals surface area contributed by atoms with Gasteiger partial charge in [0.15, 0.2) is 0 Å². The Morgan fingerprint density at radius 1 is 1.45 bits per heavy atom. The Bertz CT molecular complexity index is 448. The highest BCUT2D eigenvalue weighted by Gasteiger charge is 2.47. The van der Waals surface area contributed by atoms with Gasteiger partial charge in [0.05, 0.1) is 6.10 Å². The summed E-state index contributed by atoms with van der Waals surface area (Å²) in [6.45, 7) is 11.6. The first-order chi connectivity index (χ1) is 9.24. The van der Waals surface area contributed by atoms with Crippen molar-refractivity contribution in [3.05, 3.63) is 11.6 Å². The fourth-order valence-electron chi connectivity index (χ4n) is 4.10. The molecule has 2 aliphatic rings. The van der Waals surface area contributed by atoms with Gasteiger partial charge in [-0.25, -0.2) is 0 Å². The van der Waals surface area contributed by atoms with Gasteiger partial charge in [-0.3, -0.25) is 0 Å². The third-order valence-electron chi connectivity index (χ3n) is 5.13. The quantitative estimate of drug-likeness (QED) is 0.454. The first kappa shape index (κ1) is 15.9. The van der Waals surface area contributed by atoms with Crippen LogP contribution in [0.2, 0.25) is 19.6 Å². The molecule has 1 saturated carbocycles. The molecule has 0 aliphatic heterocycles. The van der Waals surface area contributed by atoms with E-state index in [2.05, 4.69) is 51.0 Å². The molecule has 2 aliphatic carbocycles. The van der Waals surface area contributed by atoms with Crippen LogP contribution in [-0.2, 0) is 0 Å². The van der Waals surface area contributed by atoms with Crippen LogP contribution in [0.4, 0.5) is 0 Å². The van der Waals surface area contributed by atoms with Crippen molar-refractivity contribution in [2.24, 2.45) is 17.3 Å². The smallest absolute Gasteiger partial charge is 0.129 e. The van der Waals surface area contributed by atoms with E-state index in [1.807, 2.05) is 0 Å². The first-order valence-electron chi connectivity index (χ1n) is 8.13. The van der Waals surface area contributed by atoms with Crippen LogP contribution < -0.4 is 0 Å². The molecule has 112 valence electrons. The number of hydrogen-bond acceptors (Lipinski definition) is 1. The maximum atomic E-state index is 10.3. The van der Waals surface area contributed by atoms with E-state index in [9.17, 15) is 5.11 Å². The summed E-state index contributed by atoms with van der Waals surface area (Å²) in [6, 6.07) is 0. The van der Waals surface area contributed by atoms with Crippen LogP contribution in [-0.4, -0.2) is 19.3 Å². The number of rotatable bonds is 2. The van der Waals surface area contributed by atoms with Crippen molar-refractivity contribution in [1.29, 1.82) is 0 Å². The first-order valence-corrected chi connectivity index (χ1v) is 11.6. The molecule has 1 fully saturated rings. The predicted octanol–water partition coefficient (Wildman–Crippen LogP) is 4.39. The molecule has 0 aromatic heterocycles. The van der Waals surface area contributed by atoms with E-state index in [4.69, 9.17) is 0 Å². The van der Waals surface area contributed by atoms with Crippen LogP contribution in [0.3, 0.4) is 0 Å². The van der Waals surface area contributed by atoms with Crippen LogP contribution in [0, 0.1) is 28.7 Å². The summed E-state index contributed by atoms with van der Waals surface area (Å²) < 4.78 is 0. The molecule has 1 nitrogen and oxygen atoms in total. The molecule has 0 heterocycles. The third-order valence-corrected chi connectivity index (χ3v) is 6.06. The van der Waals surface area contributed by atoms with Gasteiger partial charge in [0, 0.05) is 6.42 Å². The highest BCUT2D eigenvalue weighted by molar-refractivity contribution is 6.83. The fraction of sp³-hybridized carbons (Fsp3) is 0.778. The molecule has 0 spiro atoms. The second-order valence-electron chi connectivity index (χ2n) is 8.04. The molecule has 0 bridgehead atoms. The van der Waals surface area contributed by atoms with E-state index in [1.54, 1.807) is 5.57 Å². The van der Waals surface area contributed by atoms with Gasteiger partial charge in [0.2, 0.25) is 0 Å². The lowest BCUT2D eigenvalue weighted by atomic mass is 9.63. The zero-order chi connectivity index (χ0) is 15.0. The van der Waals surface area contributed by atoms with E-state index < -0.39 is 8.07 Å². The van der Waals surface area contributed by atoms with Crippen molar-refractivity contribution in [2.45, 2.75) is 71.7 Å². The molecule has 20 heavy (non-hydrogen) atoms. The number of hydrogen-bond donors (Lipinski definition) is 1. The van der Waals surface area contributed by atoms with E-state index in [0.717, 1.165) is 19.3 Å². The van der Waals surface area contributed by atoms with Gasteiger partial charge in [0.1, 0.15) is 8.07 Å². The van der Waals surface area contributed by atoms with Gasteiger partial charge in [-0.1, -0.05) is 45.1 Å². The van der Waals surface area contributed by atoms with Crippen LogP contribution in [0.15, 0.2) is 11.6 Å². The summed E-state index contributed by atoms with van der Waals surface area (Å²) in [7, 11) is -1.25. The Kier molecular flexibility index (Phi) is 4.52. The van der Waals surface area contributed by atoms with Gasteiger partial charge >= 0.3 is 0 Å². The van der Waals surface area contributed by atoms with Crippen LogP contribution in [0.1, 0.15) is 46.0 Å². The Labute approximate surface area is 125 Å². The van der Waals surface area contributed by atoms with Gasteiger partial charge in [-0.2, -0.15) is 0 Å². The molecule has 1 N–H and O–H groups in total. The topological polar surface area (TPSA) is 20.2 Å². The third kappa shape index (κ3) is 3.20. The van der Waals surface area contributed by atoms with Gasteiger partial charge in [-0.05, 0) is 42.9 Å². The lowest BCUT2D eigenvalue weighted by Crippen LogP contribution is -2.39. The summed E-state index contributed by atoms with van der Waals surface area (Å²) in [5.41, 5.74) is 5.29. The second kappa shape index (κ2) is 5.70. The lowest BCUT2D eigenvalue weighted by molar-refractivity contribution is 0.00809. The standard InChI is InChI=1S/C18H30OSi/c1-14(8-7-13-20(3,4)5)15-10-11-16-17(19)9-6-12-18(15,16)2/h10,14,16-17,19H,6,8-9,11-12H2,1-5H3/t14-,16?,17?,18+/m0/s1. The molecule has 0 amide bonds. The SMILES string of the molecule is C[C@@H](CC#C[Si](C)(C)C)C1=CCC2C(O)CCC[C@]12C. The molecular formula is C18H30OSi. The molecule has 0 saturated heterocycles. The second-order valence-corrected chi connectivity index (χ2v) is 12.8. The van der Waals surface area contributed by atoms with Gasteiger partial charge < -0.3 is 5.11 Å². The average Bonchev–Trinajstić information content (AvgIpc) is 2.66. The summed E-state index contributed by atoms with van der Waals surface area (Å²) in [4.78, 5) is 0. The molecule has 2 heteroatoms. The minimum Gasteiger partial charge on any atom is -0.393 e. The number of aliphatic hydroxyl groups is 1. The molecule has 2 rings (SSSR count). The van der Waals surface area contributed by atoms with E-state index in [0.29, 0.717) is 11.8 Å². The molecule has 2 unspecified atom stereocenters. The maximum Gasteiger partial charge on any atom is 0.129 e. The zero-order valence-corrected chi connectivity index (χ0v) is 14.8. The predicted molar refractivity (Wildman–Crippen MR) is 89.1 cm³/mol. The van der Waals surface area contributed by atoms with E-state index >= 15 is 0 Å². The number of fused-ring (bicyclic) bond motifs is 1. The fourth-order valence-corrected chi connectivity index (χ4v) is 4.73. The number of allylic oxidation sites excluding steroid dienone is 2. The van der Waals surface area contributed by atoms with Crippen molar-refractivity contribution < 1.29 is 5.11 Å². The monoisotopic (exact) mass is 290 g/mol. The zero-order valence-electron chi connectivity index (χ0n) is 13.8. The van der Waals surface area contributed by atoms with Crippen molar-refractivity contribution >= 4 is 8.07 Å². The Hall–Kier alpha value is -0.523. The molecular weight excluding hydrogens is 260 g/mol. The van der Waals surface area contributed by atoms with Crippen LogP contribution in [0.5, 0.6) is 0 Å². The van der Waals surface area contributed by atoms with Crippen molar-refractivity contribution in [3.8, 4) is 11.5 Å². The Morgan fingerprint density at radius 2 is 2.15 bits per heavy atom. The minimum absolute atomic E-state index is 0.0947. The van der Waals surface area contributed by atoms with Crippen molar-refractivity contribution in [2.75, 3.05) is 0 Å². The highest BCUT2D eigenvalue weighted by atomic mass is 28.3. The summed E-state index contributed by atoms with van der Waals surface area (Å²) >= 11 is 0. The number of aliphatic hydroxyl groups excluding tert-OH is 1. The van der Waals surface area contributed by atoms with Crippen molar-refractivity contribution in [1.82, 2.24) is 0 Å². The molecule has 0 aromatic rings. The average molecular weight is 291 g/mol. The molecule has 0 radical (unpaired) electrons. The van der Waals surface area contributed by atoms with E-state index in [1.165, 1.54) is 12.8 Å². The van der Waals surface area contributed by atoms with Crippen LogP contribution in [0.25, 0.3) is 0 Å². The minimum atomic E-state index is -1.25. The van der Waals surface area contributed by atoms with Gasteiger partial charge in [-0.15, -0.1) is 11.5 Å². The van der Waals surface area contributed by atoms with E-state index in [-0.39, 0.29) is 11.5 Å². The van der Waals surface area contributed by atoms with Gasteiger partial charge in [0.25, 0.3) is 0 Å². The summed E-state index contributed by atoms with van der Waals surface area (Å²) in [6.07, 6.45) is 7.77. The molecule has 0 aromatic carbocycles. The summed E-state index contributed by atoms with van der Waals surface area (Å²) in [5, 5.41) is 10.3. The Morgan fingerprint density at radius 3 is 2.80 bits per heavy atom. The molecule has 4 atom stereocenters. The van der Waals surface area contributed by atoms with Crippen molar-refractivity contribution in [3.63, 3.8) is 0 Å². The largest absolute Gasteiger partial charge is 0.393 e. The van der Waals surface area contributed by atoms with Crippen LogP contribution >= 0.6 is 0 Å². The Balaban J connectivity index is 2.07. The highest BCUT2D eigenvalue weighted by Crippen LogP contribution is 2.54. The normalized spacial score (nSPS) is 34.8.